The number of hydrogen-bond acceptors (Lipinski definition) is 5. The predicted octanol–water partition coefficient (Wildman–Crippen LogP) is 1.42. The van der Waals surface area contributed by atoms with Gasteiger partial charge in [-0.2, -0.15) is 0 Å². The van der Waals surface area contributed by atoms with Crippen molar-refractivity contribution in [2.75, 3.05) is 39.4 Å². The second-order valence-corrected chi connectivity index (χ2v) is 6.41. The van der Waals surface area contributed by atoms with Gasteiger partial charge in [-0.25, -0.2) is 4.98 Å². The maximum absolute atomic E-state index is 12.5. The van der Waals surface area contributed by atoms with Crippen molar-refractivity contribution >= 4 is 5.91 Å². The molecule has 0 spiro atoms. The van der Waals surface area contributed by atoms with E-state index in [-0.39, 0.29) is 12.0 Å². The van der Waals surface area contributed by atoms with Gasteiger partial charge in [-0.1, -0.05) is 0 Å². The van der Waals surface area contributed by atoms with Gasteiger partial charge >= 0.3 is 0 Å². The summed E-state index contributed by atoms with van der Waals surface area (Å²) in [5.41, 5.74) is 0.623. The largest absolute Gasteiger partial charge is 0.472 e. The predicted molar refractivity (Wildman–Crippen MR) is 86.7 cm³/mol. The molecule has 2 saturated heterocycles. The molecule has 2 fully saturated rings. The molecule has 0 bridgehead atoms. The highest BCUT2D eigenvalue weighted by Crippen LogP contribution is 2.16. The van der Waals surface area contributed by atoms with E-state index in [1.807, 2.05) is 4.90 Å². The minimum atomic E-state index is 0.0525. The zero-order chi connectivity index (χ0) is 16.2. The van der Waals surface area contributed by atoms with E-state index in [1.165, 1.54) is 0 Å². The van der Waals surface area contributed by atoms with Crippen molar-refractivity contribution < 1.29 is 14.3 Å². The third-order valence-electron chi connectivity index (χ3n) is 4.49. The molecule has 23 heavy (non-hydrogen) atoms. The monoisotopic (exact) mass is 319 g/mol. The topological polar surface area (TPSA) is 54.9 Å². The van der Waals surface area contributed by atoms with Gasteiger partial charge in [0, 0.05) is 50.9 Å². The number of hydrogen-bond donors (Lipinski definition) is 0. The van der Waals surface area contributed by atoms with Crippen LogP contribution in [0.1, 0.15) is 30.6 Å². The van der Waals surface area contributed by atoms with Crippen LogP contribution in [0.15, 0.2) is 18.3 Å². The van der Waals surface area contributed by atoms with E-state index in [2.05, 4.69) is 23.7 Å². The van der Waals surface area contributed by atoms with E-state index in [0.29, 0.717) is 24.1 Å². The van der Waals surface area contributed by atoms with Crippen LogP contribution in [0.3, 0.4) is 0 Å². The summed E-state index contributed by atoms with van der Waals surface area (Å²) in [5.74, 6) is 0.610. The number of amides is 1. The van der Waals surface area contributed by atoms with Crippen LogP contribution >= 0.6 is 0 Å². The fraction of sp³-hybridized carbons (Fsp3) is 0.647. The Hall–Kier alpha value is -1.66. The number of nitrogens with zero attached hydrogens (tertiary/aromatic N) is 3. The van der Waals surface area contributed by atoms with Crippen molar-refractivity contribution in [2.45, 2.75) is 32.4 Å². The first-order valence-corrected chi connectivity index (χ1v) is 8.37. The Labute approximate surface area is 137 Å². The Morgan fingerprint density at radius 2 is 2.09 bits per heavy atom. The molecular formula is C17H25N3O3. The summed E-state index contributed by atoms with van der Waals surface area (Å²) in [5, 5.41) is 0. The number of ether oxygens (including phenoxy) is 2. The van der Waals surface area contributed by atoms with Gasteiger partial charge in [-0.05, 0) is 19.9 Å². The molecule has 3 heterocycles. The molecule has 0 radical (unpaired) electrons. The molecule has 1 aromatic rings. The molecule has 126 valence electrons. The van der Waals surface area contributed by atoms with Gasteiger partial charge < -0.3 is 14.4 Å². The Kier molecular flexibility index (Phi) is 5.13. The zero-order valence-corrected chi connectivity index (χ0v) is 13.9. The van der Waals surface area contributed by atoms with Crippen LogP contribution in [0.5, 0.6) is 5.88 Å². The van der Waals surface area contributed by atoms with Crippen LogP contribution in [-0.4, -0.2) is 72.2 Å². The van der Waals surface area contributed by atoms with Crippen molar-refractivity contribution in [1.82, 2.24) is 14.8 Å². The van der Waals surface area contributed by atoms with E-state index in [1.54, 1.807) is 18.3 Å². The molecule has 6 heteroatoms. The van der Waals surface area contributed by atoms with Gasteiger partial charge in [0.15, 0.2) is 0 Å². The van der Waals surface area contributed by atoms with Crippen LogP contribution in [0, 0.1) is 0 Å². The van der Waals surface area contributed by atoms with Gasteiger partial charge in [0.25, 0.3) is 5.91 Å². The van der Waals surface area contributed by atoms with Crippen LogP contribution in [-0.2, 0) is 4.74 Å². The van der Waals surface area contributed by atoms with E-state index in [4.69, 9.17) is 9.47 Å². The summed E-state index contributed by atoms with van der Waals surface area (Å²) < 4.78 is 11.0. The normalized spacial score (nSPS) is 22.6. The molecule has 6 nitrogen and oxygen atoms in total. The Balaban J connectivity index is 1.55. The fourth-order valence-corrected chi connectivity index (χ4v) is 2.98. The average Bonchev–Trinajstić information content (AvgIpc) is 3.08. The first-order chi connectivity index (χ1) is 11.1. The van der Waals surface area contributed by atoms with Gasteiger partial charge in [0.1, 0.15) is 6.10 Å². The van der Waals surface area contributed by atoms with Gasteiger partial charge in [-0.15, -0.1) is 0 Å². The molecular weight excluding hydrogens is 294 g/mol. The van der Waals surface area contributed by atoms with Crippen LogP contribution in [0.2, 0.25) is 0 Å². The summed E-state index contributed by atoms with van der Waals surface area (Å²) >= 11 is 0. The SMILES string of the molecule is CC(C)N1CCN(C(=O)c2ccc(OC3CCOC3)nc2)CC1. The van der Waals surface area contributed by atoms with Crippen LogP contribution < -0.4 is 4.74 Å². The minimum Gasteiger partial charge on any atom is -0.472 e. The number of pyridine rings is 1. The first kappa shape index (κ1) is 16.2. The summed E-state index contributed by atoms with van der Waals surface area (Å²) in [6.45, 7) is 9.14. The lowest BCUT2D eigenvalue weighted by Gasteiger charge is -2.36. The molecule has 0 saturated carbocycles. The van der Waals surface area contributed by atoms with E-state index in [0.717, 1.165) is 39.2 Å². The average molecular weight is 319 g/mol. The molecule has 1 aromatic heterocycles. The number of rotatable bonds is 4. The summed E-state index contributed by atoms with van der Waals surface area (Å²) in [7, 11) is 0. The van der Waals surface area contributed by atoms with Gasteiger partial charge in [0.05, 0.1) is 18.8 Å². The Morgan fingerprint density at radius 1 is 1.30 bits per heavy atom. The lowest BCUT2D eigenvalue weighted by atomic mass is 10.2. The molecule has 1 atom stereocenters. The third-order valence-corrected chi connectivity index (χ3v) is 4.49. The maximum atomic E-state index is 12.5. The van der Waals surface area contributed by atoms with Gasteiger partial charge in [0.2, 0.25) is 5.88 Å². The molecule has 2 aliphatic rings. The summed E-state index contributed by atoms with van der Waals surface area (Å²) in [6.07, 6.45) is 2.58. The van der Waals surface area contributed by atoms with Gasteiger partial charge in [-0.3, -0.25) is 9.69 Å². The van der Waals surface area contributed by atoms with Crippen molar-refractivity contribution in [3.63, 3.8) is 0 Å². The molecule has 1 amide bonds. The fourth-order valence-electron chi connectivity index (χ4n) is 2.98. The quantitative estimate of drug-likeness (QED) is 0.840. The summed E-state index contributed by atoms with van der Waals surface area (Å²) in [6, 6.07) is 4.11. The first-order valence-electron chi connectivity index (χ1n) is 8.37. The molecule has 1 unspecified atom stereocenters. The number of piperazine rings is 1. The molecule has 3 rings (SSSR count). The van der Waals surface area contributed by atoms with E-state index < -0.39 is 0 Å². The molecule has 0 aromatic carbocycles. The Morgan fingerprint density at radius 3 is 2.65 bits per heavy atom. The highest BCUT2D eigenvalue weighted by Gasteiger charge is 2.24. The summed E-state index contributed by atoms with van der Waals surface area (Å²) in [4.78, 5) is 21.1. The van der Waals surface area contributed by atoms with Crippen molar-refractivity contribution in [1.29, 1.82) is 0 Å². The van der Waals surface area contributed by atoms with Crippen molar-refractivity contribution in [2.24, 2.45) is 0 Å². The zero-order valence-electron chi connectivity index (χ0n) is 13.9. The smallest absolute Gasteiger partial charge is 0.255 e. The van der Waals surface area contributed by atoms with Crippen LogP contribution in [0.25, 0.3) is 0 Å². The van der Waals surface area contributed by atoms with E-state index in [9.17, 15) is 4.79 Å². The maximum Gasteiger partial charge on any atom is 0.255 e. The lowest BCUT2D eigenvalue weighted by Crippen LogP contribution is -2.50. The molecule has 0 N–H and O–H groups in total. The highest BCUT2D eigenvalue weighted by atomic mass is 16.5. The highest BCUT2D eigenvalue weighted by molar-refractivity contribution is 5.94. The molecule has 0 aliphatic carbocycles. The van der Waals surface area contributed by atoms with Crippen molar-refractivity contribution in [3.05, 3.63) is 23.9 Å². The Bertz CT molecular complexity index is 518. The van der Waals surface area contributed by atoms with Crippen molar-refractivity contribution in [3.8, 4) is 5.88 Å². The number of aromatic nitrogens is 1. The standard InChI is InChI=1S/C17H25N3O3/c1-13(2)19-6-8-20(9-7-19)17(21)14-3-4-16(18-11-14)23-15-5-10-22-12-15/h3-4,11,13,15H,5-10,12H2,1-2H3. The number of carbonyl (C=O) groups excluding carboxylic acids is 1. The molecule has 2 aliphatic heterocycles. The second kappa shape index (κ2) is 7.27. The lowest BCUT2D eigenvalue weighted by molar-refractivity contribution is 0.0595. The van der Waals surface area contributed by atoms with Crippen LogP contribution in [0.4, 0.5) is 0 Å². The third kappa shape index (κ3) is 4.00. The van der Waals surface area contributed by atoms with E-state index >= 15 is 0 Å². The second-order valence-electron chi connectivity index (χ2n) is 6.41. The minimum absolute atomic E-state index is 0.0525. The number of carbonyl (C=O) groups is 1.